The van der Waals surface area contributed by atoms with Crippen molar-refractivity contribution in [2.75, 3.05) is 18.6 Å². The number of nitrogens with zero attached hydrogens (tertiary/aromatic N) is 1. The number of carbonyl (C=O) groups excluding carboxylic acids is 1. The summed E-state index contributed by atoms with van der Waals surface area (Å²) in [5.74, 6) is 1.28. The summed E-state index contributed by atoms with van der Waals surface area (Å²) in [5, 5.41) is 0. The third-order valence-electron chi connectivity index (χ3n) is 3.76. The average molecular weight is 245 g/mol. The van der Waals surface area contributed by atoms with Crippen molar-refractivity contribution in [1.29, 1.82) is 0 Å². The molecule has 1 aliphatic rings. The molecular weight excluding hydrogens is 222 g/mol. The lowest BCUT2D eigenvalue weighted by Crippen LogP contribution is -2.50. The Kier molecular flexibility index (Phi) is 5.12. The monoisotopic (exact) mass is 245 g/mol. The predicted molar refractivity (Wildman–Crippen MR) is 68.0 cm³/mol. The van der Waals surface area contributed by atoms with Gasteiger partial charge in [-0.3, -0.25) is 13.9 Å². The Balaban J connectivity index is 2.52. The van der Waals surface area contributed by atoms with Crippen molar-refractivity contribution in [3.8, 4) is 0 Å². The number of Topliss-reactive ketones (excluding diaryl/α,β-unsaturated/α-hetero) is 1. The van der Waals surface area contributed by atoms with E-state index >= 15 is 0 Å². The largest absolute Gasteiger partial charge is 0.299 e. The lowest BCUT2D eigenvalue weighted by molar-refractivity contribution is -0.128. The van der Waals surface area contributed by atoms with E-state index in [2.05, 4.69) is 18.7 Å². The number of rotatable bonds is 4. The Morgan fingerprint density at radius 1 is 1.50 bits per heavy atom. The second-order valence-corrected chi connectivity index (χ2v) is 6.45. The number of ketones is 1. The van der Waals surface area contributed by atoms with E-state index in [4.69, 9.17) is 0 Å². The van der Waals surface area contributed by atoms with Crippen molar-refractivity contribution in [2.24, 2.45) is 5.92 Å². The molecule has 16 heavy (non-hydrogen) atoms. The molecule has 3 nitrogen and oxygen atoms in total. The SMILES string of the molecule is CC1C(=O)CCN(C(C)CCS(C)=O)C1C. The van der Waals surface area contributed by atoms with E-state index in [1.807, 2.05) is 6.92 Å². The number of piperidine rings is 1. The second-order valence-electron chi connectivity index (χ2n) is 4.90. The highest BCUT2D eigenvalue weighted by atomic mass is 32.2. The quantitative estimate of drug-likeness (QED) is 0.752. The summed E-state index contributed by atoms with van der Waals surface area (Å²) in [7, 11) is -0.711. The molecule has 0 aromatic rings. The average Bonchev–Trinajstić information content (AvgIpc) is 2.23. The van der Waals surface area contributed by atoms with Gasteiger partial charge in [-0.1, -0.05) is 6.92 Å². The van der Waals surface area contributed by atoms with Gasteiger partial charge < -0.3 is 0 Å². The third-order valence-corrected chi connectivity index (χ3v) is 4.57. The van der Waals surface area contributed by atoms with E-state index in [9.17, 15) is 9.00 Å². The highest BCUT2D eigenvalue weighted by Gasteiger charge is 2.32. The number of likely N-dealkylation sites (tertiary alicyclic amines) is 1. The Morgan fingerprint density at radius 3 is 2.69 bits per heavy atom. The summed E-state index contributed by atoms with van der Waals surface area (Å²) in [6.07, 6.45) is 3.37. The van der Waals surface area contributed by atoms with Gasteiger partial charge in [0, 0.05) is 53.8 Å². The van der Waals surface area contributed by atoms with Crippen molar-refractivity contribution in [3.05, 3.63) is 0 Å². The Labute approximate surface area is 101 Å². The summed E-state index contributed by atoms with van der Waals surface area (Å²) in [5.41, 5.74) is 0. The van der Waals surface area contributed by atoms with E-state index in [-0.39, 0.29) is 5.92 Å². The molecule has 0 N–H and O–H groups in total. The first-order chi connectivity index (χ1) is 7.43. The first kappa shape index (κ1) is 13.8. The molecule has 1 fully saturated rings. The molecule has 1 rings (SSSR count). The zero-order valence-electron chi connectivity index (χ0n) is 10.7. The minimum atomic E-state index is -0.711. The van der Waals surface area contributed by atoms with E-state index in [0.29, 0.717) is 24.3 Å². The van der Waals surface area contributed by atoms with Crippen molar-refractivity contribution >= 4 is 16.6 Å². The normalized spacial score (nSPS) is 31.4. The number of hydrogen-bond acceptors (Lipinski definition) is 3. The molecule has 0 amide bonds. The molecule has 4 unspecified atom stereocenters. The fourth-order valence-electron chi connectivity index (χ4n) is 2.35. The molecule has 4 atom stereocenters. The smallest absolute Gasteiger partial charge is 0.138 e. The van der Waals surface area contributed by atoms with Gasteiger partial charge in [0.05, 0.1) is 0 Å². The molecule has 0 radical (unpaired) electrons. The van der Waals surface area contributed by atoms with Gasteiger partial charge in [-0.05, 0) is 20.3 Å². The van der Waals surface area contributed by atoms with Gasteiger partial charge in [-0.25, -0.2) is 0 Å². The molecular formula is C12H23NO2S. The van der Waals surface area contributed by atoms with Crippen molar-refractivity contribution in [1.82, 2.24) is 4.90 Å². The maximum absolute atomic E-state index is 11.6. The van der Waals surface area contributed by atoms with Gasteiger partial charge in [0.15, 0.2) is 0 Å². The van der Waals surface area contributed by atoms with E-state index in [0.717, 1.165) is 18.7 Å². The Hall–Kier alpha value is -0.220. The zero-order valence-corrected chi connectivity index (χ0v) is 11.5. The predicted octanol–water partition coefficient (Wildman–Crippen LogP) is 1.44. The minimum Gasteiger partial charge on any atom is -0.299 e. The molecule has 0 bridgehead atoms. The van der Waals surface area contributed by atoms with Crippen molar-refractivity contribution < 1.29 is 9.00 Å². The van der Waals surface area contributed by atoms with Crippen LogP contribution in [-0.2, 0) is 15.6 Å². The number of carbonyl (C=O) groups is 1. The van der Waals surface area contributed by atoms with Crippen LogP contribution in [0.3, 0.4) is 0 Å². The van der Waals surface area contributed by atoms with Crippen LogP contribution in [0.4, 0.5) is 0 Å². The molecule has 1 aliphatic heterocycles. The van der Waals surface area contributed by atoms with Crippen molar-refractivity contribution in [3.63, 3.8) is 0 Å². The standard InChI is InChI=1S/C12H23NO2S/c1-9(6-8-16(4)15)13-7-5-12(14)10(2)11(13)3/h9-11H,5-8H2,1-4H3. The van der Waals surface area contributed by atoms with Crippen LogP contribution in [0.15, 0.2) is 0 Å². The Morgan fingerprint density at radius 2 is 2.12 bits per heavy atom. The van der Waals surface area contributed by atoms with Gasteiger partial charge in [0.25, 0.3) is 0 Å². The lowest BCUT2D eigenvalue weighted by atomic mass is 9.89. The topological polar surface area (TPSA) is 37.4 Å². The second kappa shape index (κ2) is 5.92. The van der Waals surface area contributed by atoms with Crippen LogP contribution in [0.25, 0.3) is 0 Å². The van der Waals surface area contributed by atoms with Crippen LogP contribution in [0.5, 0.6) is 0 Å². The molecule has 0 spiro atoms. The summed E-state index contributed by atoms with van der Waals surface area (Å²) in [6, 6.07) is 0.746. The summed E-state index contributed by atoms with van der Waals surface area (Å²) in [4.78, 5) is 14.0. The first-order valence-electron chi connectivity index (χ1n) is 6.02. The Bertz CT molecular complexity index is 280. The summed E-state index contributed by atoms with van der Waals surface area (Å²) in [6.45, 7) is 7.18. The number of hydrogen-bond donors (Lipinski definition) is 0. The maximum Gasteiger partial charge on any atom is 0.138 e. The highest BCUT2D eigenvalue weighted by Crippen LogP contribution is 2.23. The van der Waals surface area contributed by atoms with Gasteiger partial charge in [-0.15, -0.1) is 0 Å². The molecule has 0 saturated carbocycles. The molecule has 0 aromatic carbocycles. The molecule has 1 saturated heterocycles. The fourth-order valence-corrected chi connectivity index (χ4v) is 3.02. The van der Waals surface area contributed by atoms with Gasteiger partial charge in [0.1, 0.15) is 5.78 Å². The van der Waals surface area contributed by atoms with E-state index < -0.39 is 10.8 Å². The highest BCUT2D eigenvalue weighted by molar-refractivity contribution is 7.84. The minimum absolute atomic E-state index is 0.142. The maximum atomic E-state index is 11.6. The third kappa shape index (κ3) is 3.39. The van der Waals surface area contributed by atoms with Crippen LogP contribution in [0.1, 0.15) is 33.6 Å². The zero-order chi connectivity index (χ0) is 12.3. The van der Waals surface area contributed by atoms with E-state index in [1.54, 1.807) is 6.26 Å². The van der Waals surface area contributed by atoms with Crippen LogP contribution < -0.4 is 0 Å². The van der Waals surface area contributed by atoms with Crippen LogP contribution in [0.2, 0.25) is 0 Å². The van der Waals surface area contributed by atoms with Crippen LogP contribution >= 0.6 is 0 Å². The molecule has 0 aliphatic carbocycles. The van der Waals surface area contributed by atoms with Gasteiger partial charge in [-0.2, -0.15) is 0 Å². The molecule has 4 heteroatoms. The fraction of sp³-hybridized carbons (Fsp3) is 0.917. The van der Waals surface area contributed by atoms with Crippen molar-refractivity contribution in [2.45, 2.75) is 45.7 Å². The van der Waals surface area contributed by atoms with Crippen LogP contribution in [0, 0.1) is 5.92 Å². The summed E-state index contributed by atoms with van der Waals surface area (Å²) >= 11 is 0. The van der Waals surface area contributed by atoms with E-state index in [1.165, 1.54) is 0 Å². The van der Waals surface area contributed by atoms with Gasteiger partial charge in [0.2, 0.25) is 0 Å². The molecule has 94 valence electrons. The van der Waals surface area contributed by atoms with Gasteiger partial charge >= 0.3 is 0 Å². The first-order valence-corrected chi connectivity index (χ1v) is 7.74. The summed E-state index contributed by atoms with van der Waals surface area (Å²) < 4.78 is 11.1. The lowest BCUT2D eigenvalue weighted by Gasteiger charge is -2.40. The molecule has 0 aromatic heterocycles. The molecule has 1 heterocycles. The van der Waals surface area contributed by atoms with Crippen LogP contribution in [-0.4, -0.2) is 45.5 Å².